The topological polar surface area (TPSA) is 51.7 Å². The molecule has 1 atom stereocenters. The van der Waals surface area contributed by atoms with Crippen molar-refractivity contribution in [3.63, 3.8) is 0 Å². The number of nitrogens with zero attached hydrogens (tertiary/aromatic N) is 2. The molecule has 0 aliphatic carbocycles. The van der Waals surface area contributed by atoms with E-state index in [1.54, 1.807) is 0 Å². The van der Waals surface area contributed by atoms with Crippen molar-refractivity contribution in [2.45, 2.75) is 51.2 Å². The first-order valence-corrected chi connectivity index (χ1v) is 12.2. The van der Waals surface area contributed by atoms with Crippen molar-refractivity contribution in [3.8, 4) is 0 Å². The number of hydrogen-bond acceptors (Lipinski definition) is 5. The maximum atomic E-state index is 4.42. The second-order valence-corrected chi connectivity index (χ2v) is 9.67. The Labute approximate surface area is 197 Å². The Morgan fingerprint density at radius 3 is 2.52 bits per heavy atom. The fourth-order valence-electron chi connectivity index (χ4n) is 5.23. The Bertz CT molecular complexity index is 1050. The van der Waals surface area contributed by atoms with Gasteiger partial charge in [-0.15, -0.1) is 0 Å². The number of hydrazine groups is 1. The molecule has 3 heterocycles. The number of rotatable bonds is 6. The number of likely N-dealkylation sites (tertiary alicyclic amines) is 1. The third-order valence-electron chi connectivity index (χ3n) is 7.21. The molecule has 0 radical (unpaired) electrons. The lowest BCUT2D eigenvalue weighted by Crippen LogP contribution is -2.45. The third-order valence-corrected chi connectivity index (χ3v) is 7.21. The molecule has 0 amide bonds. The minimum absolute atomic E-state index is 0.291. The van der Waals surface area contributed by atoms with Gasteiger partial charge in [0.2, 0.25) is 0 Å². The van der Waals surface area contributed by atoms with Crippen LogP contribution in [0.25, 0.3) is 0 Å². The summed E-state index contributed by atoms with van der Waals surface area (Å²) in [5.74, 6) is 1.13. The van der Waals surface area contributed by atoms with Gasteiger partial charge in [0.1, 0.15) is 5.82 Å². The standard InChI is InChI=1S/C28H35N5/c1-21-8-10-24(11-9-21)28(2)26(23-12-16-29-17-13-23)27(31-32-28)30-25-14-18-33(19-15-25)20-22-6-4-3-5-7-22/h3-12,16,25,30-32H,13-15,17-20H2,1-2H3. The first-order chi connectivity index (χ1) is 16.1. The molecule has 5 rings (SSSR count). The van der Waals surface area contributed by atoms with Gasteiger partial charge in [-0.2, -0.15) is 0 Å². The average Bonchev–Trinajstić information content (AvgIpc) is 3.19. The summed E-state index contributed by atoms with van der Waals surface area (Å²) in [6.45, 7) is 8.55. The Kier molecular flexibility index (Phi) is 6.34. The van der Waals surface area contributed by atoms with E-state index in [1.807, 2.05) is 6.21 Å². The zero-order valence-corrected chi connectivity index (χ0v) is 19.8. The molecule has 0 aromatic heterocycles. The fraction of sp³-hybridized carbons (Fsp3) is 0.393. The fourth-order valence-corrected chi connectivity index (χ4v) is 5.23. The van der Waals surface area contributed by atoms with Crippen LogP contribution in [0.3, 0.4) is 0 Å². The van der Waals surface area contributed by atoms with Crippen LogP contribution in [0.5, 0.6) is 0 Å². The summed E-state index contributed by atoms with van der Waals surface area (Å²) < 4.78 is 0. The van der Waals surface area contributed by atoms with Crippen molar-refractivity contribution in [3.05, 3.63) is 94.3 Å². The number of hydrogen-bond donors (Lipinski definition) is 3. The molecule has 2 aromatic carbocycles. The second kappa shape index (κ2) is 9.54. The van der Waals surface area contributed by atoms with Crippen molar-refractivity contribution in [1.82, 2.24) is 21.1 Å². The predicted molar refractivity (Wildman–Crippen MR) is 136 cm³/mol. The molecule has 33 heavy (non-hydrogen) atoms. The molecule has 3 aliphatic rings. The number of piperidine rings is 1. The lowest BCUT2D eigenvalue weighted by atomic mass is 9.80. The minimum Gasteiger partial charge on any atom is -0.368 e. The summed E-state index contributed by atoms with van der Waals surface area (Å²) in [5.41, 5.74) is 13.5. The lowest BCUT2D eigenvalue weighted by molar-refractivity contribution is 0.194. The molecule has 0 saturated carbocycles. The van der Waals surface area contributed by atoms with E-state index in [9.17, 15) is 0 Å². The van der Waals surface area contributed by atoms with Crippen LogP contribution in [-0.4, -0.2) is 36.8 Å². The maximum Gasteiger partial charge on any atom is 0.119 e. The normalized spacial score (nSPS) is 24.0. The largest absolute Gasteiger partial charge is 0.368 e. The van der Waals surface area contributed by atoms with E-state index in [-0.39, 0.29) is 5.54 Å². The van der Waals surface area contributed by atoms with E-state index in [1.165, 1.54) is 27.8 Å². The maximum absolute atomic E-state index is 4.42. The Balaban J connectivity index is 1.34. The monoisotopic (exact) mass is 441 g/mol. The summed E-state index contributed by atoms with van der Waals surface area (Å²) in [5, 5.41) is 3.88. The van der Waals surface area contributed by atoms with Crippen LogP contribution >= 0.6 is 0 Å². The molecular formula is C28H35N5. The van der Waals surface area contributed by atoms with Gasteiger partial charge in [-0.3, -0.25) is 9.89 Å². The molecule has 1 fully saturated rings. The van der Waals surface area contributed by atoms with E-state index in [0.29, 0.717) is 6.04 Å². The summed E-state index contributed by atoms with van der Waals surface area (Å²) in [6, 6.07) is 20.2. The highest BCUT2D eigenvalue weighted by atomic mass is 15.5. The van der Waals surface area contributed by atoms with E-state index in [0.717, 1.165) is 51.3 Å². The number of aryl methyl sites for hydroxylation is 1. The quantitative estimate of drug-likeness (QED) is 0.629. The van der Waals surface area contributed by atoms with Gasteiger partial charge in [0.25, 0.3) is 0 Å². The van der Waals surface area contributed by atoms with Gasteiger partial charge in [-0.25, -0.2) is 5.43 Å². The smallest absolute Gasteiger partial charge is 0.119 e. The molecule has 0 spiro atoms. The highest BCUT2D eigenvalue weighted by Gasteiger charge is 2.40. The van der Waals surface area contributed by atoms with Crippen molar-refractivity contribution < 1.29 is 0 Å². The summed E-state index contributed by atoms with van der Waals surface area (Å²) in [4.78, 5) is 6.99. The molecule has 3 N–H and O–H groups in total. The van der Waals surface area contributed by atoms with Crippen molar-refractivity contribution in [2.24, 2.45) is 4.99 Å². The SMILES string of the molecule is Cc1ccc(C2(C)NNC(NC3CCN(Cc4ccccc4)CC3)=C2C2=CC=NCC2)cc1. The molecule has 1 unspecified atom stereocenters. The van der Waals surface area contributed by atoms with Crippen LogP contribution in [0, 0.1) is 6.92 Å². The first kappa shape index (κ1) is 21.9. The predicted octanol–water partition coefficient (Wildman–Crippen LogP) is 4.18. The van der Waals surface area contributed by atoms with Gasteiger partial charge < -0.3 is 10.7 Å². The van der Waals surface area contributed by atoms with Gasteiger partial charge in [0, 0.05) is 44.0 Å². The molecule has 3 aliphatic heterocycles. The number of benzene rings is 2. The molecular weight excluding hydrogens is 406 g/mol. The molecule has 172 valence electrons. The van der Waals surface area contributed by atoms with Crippen molar-refractivity contribution >= 4 is 6.21 Å². The summed E-state index contributed by atoms with van der Waals surface area (Å²) in [7, 11) is 0. The zero-order chi connectivity index (χ0) is 22.7. The van der Waals surface area contributed by atoms with Gasteiger partial charge in [-0.1, -0.05) is 60.2 Å². The third kappa shape index (κ3) is 4.75. The van der Waals surface area contributed by atoms with Gasteiger partial charge in [-0.05, 0) is 55.9 Å². The molecule has 1 saturated heterocycles. The van der Waals surface area contributed by atoms with Crippen LogP contribution in [0.2, 0.25) is 0 Å². The van der Waals surface area contributed by atoms with Gasteiger partial charge >= 0.3 is 0 Å². The van der Waals surface area contributed by atoms with Crippen molar-refractivity contribution in [2.75, 3.05) is 19.6 Å². The number of nitrogens with one attached hydrogen (secondary N) is 3. The van der Waals surface area contributed by atoms with E-state index in [4.69, 9.17) is 0 Å². The Hall–Kier alpha value is -2.89. The lowest BCUT2D eigenvalue weighted by Gasteiger charge is -2.33. The van der Waals surface area contributed by atoms with Gasteiger partial charge in [0.05, 0.1) is 5.54 Å². The second-order valence-electron chi connectivity index (χ2n) is 9.67. The van der Waals surface area contributed by atoms with Crippen LogP contribution in [0.4, 0.5) is 0 Å². The number of aliphatic imine (C=N–C) groups is 1. The number of allylic oxidation sites excluding steroid dienone is 1. The molecule has 5 nitrogen and oxygen atoms in total. The Morgan fingerprint density at radius 2 is 1.82 bits per heavy atom. The zero-order valence-electron chi connectivity index (χ0n) is 19.8. The van der Waals surface area contributed by atoms with Crippen molar-refractivity contribution in [1.29, 1.82) is 0 Å². The first-order valence-electron chi connectivity index (χ1n) is 12.2. The van der Waals surface area contributed by atoms with Crippen LogP contribution in [-0.2, 0) is 12.1 Å². The molecule has 5 heteroatoms. The highest BCUT2D eigenvalue weighted by molar-refractivity contribution is 5.75. The number of dihydropyridines is 1. The molecule has 0 bridgehead atoms. The minimum atomic E-state index is -0.291. The average molecular weight is 442 g/mol. The van der Waals surface area contributed by atoms with Crippen LogP contribution < -0.4 is 16.2 Å². The summed E-state index contributed by atoms with van der Waals surface area (Å²) in [6.07, 6.45) is 7.40. The molecule has 2 aromatic rings. The van der Waals surface area contributed by atoms with Crippen LogP contribution in [0.15, 0.2) is 82.6 Å². The van der Waals surface area contributed by atoms with E-state index >= 15 is 0 Å². The van der Waals surface area contributed by atoms with E-state index < -0.39 is 0 Å². The highest BCUT2D eigenvalue weighted by Crippen LogP contribution is 2.39. The summed E-state index contributed by atoms with van der Waals surface area (Å²) >= 11 is 0. The Morgan fingerprint density at radius 1 is 1.06 bits per heavy atom. The van der Waals surface area contributed by atoms with E-state index in [2.05, 4.69) is 101 Å². The van der Waals surface area contributed by atoms with Crippen LogP contribution in [0.1, 0.15) is 42.9 Å². The van der Waals surface area contributed by atoms with Gasteiger partial charge in [0.15, 0.2) is 0 Å².